The van der Waals surface area contributed by atoms with Gasteiger partial charge in [0.15, 0.2) is 5.78 Å². The van der Waals surface area contributed by atoms with E-state index >= 15 is 0 Å². The van der Waals surface area contributed by atoms with Crippen LogP contribution in [0, 0.1) is 0 Å². The highest BCUT2D eigenvalue weighted by Crippen LogP contribution is 2.09. The summed E-state index contributed by atoms with van der Waals surface area (Å²) in [6, 6.07) is 0. The first kappa shape index (κ1) is 12.3. The molecule has 0 aromatic carbocycles. The van der Waals surface area contributed by atoms with Crippen molar-refractivity contribution >= 4 is 5.78 Å². The number of aryl methyl sites for hydroxylation is 1. The van der Waals surface area contributed by atoms with Gasteiger partial charge in [0.2, 0.25) is 0 Å². The van der Waals surface area contributed by atoms with Crippen LogP contribution in [0.5, 0.6) is 0 Å². The topological polar surface area (TPSA) is 47.4 Å². The molecule has 0 spiro atoms. The Morgan fingerprint density at radius 3 is 3.12 bits per heavy atom. The molecule has 1 aromatic rings. The Kier molecular flexibility index (Phi) is 3.91. The molecular formula is C12H19N3O2. The van der Waals surface area contributed by atoms with Crippen molar-refractivity contribution in [3.63, 3.8) is 0 Å². The Labute approximate surface area is 101 Å². The van der Waals surface area contributed by atoms with Crippen LogP contribution in [0.4, 0.5) is 0 Å². The van der Waals surface area contributed by atoms with Crippen LogP contribution in [0.3, 0.4) is 0 Å². The average Bonchev–Trinajstić information content (AvgIpc) is 2.75. The molecule has 2 rings (SSSR count). The van der Waals surface area contributed by atoms with Crippen LogP contribution in [-0.4, -0.2) is 52.8 Å². The number of ether oxygens (including phenoxy) is 1. The van der Waals surface area contributed by atoms with Crippen molar-refractivity contribution in [3.05, 3.63) is 18.0 Å². The highest BCUT2D eigenvalue weighted by atomic mass is 16.5. The lowest BCUT2D eigenvalue weighted by molar-refractivity contribution is -0.135. The van der Waals surface area contributed by atoms with Gasteiger partial charge < -0.3 is 4.74 Å². The highest BCUT2D eigenvalue weighted by Gasteiger charge is 2.25. The Balaban J connectivity index is 1.91. The maximum Gasteiger partial charge on any atom is 0.167 e. The van der Waals surface area contributed by atoms with Crippen LogP contribution >= 0.6 is 0 Å². The summed E-state index contributed by atoms with van der Waals surface area (Å²) in [5.41, 5.74) is 0.953. The van der Waals surface area contributed by atoms with Crippen molar-refractivity contribution in [2.45, 2.75) is 19.4 Å². The predicted molar refractivity (Wildman–Crippen MR) is 63.8 cm³/mol. The first-order valence-electron chi connectivity index (χ1n) is 6.03. The number of nitrogens with zero attached hydrogens (tertiary/aromatic N) is 3. The summed E-state index contributed by atoms with van der Waals surface area (Å²) in [5, 5.41) is 4.06. The molecule has 1 fully saturated rings. The van der Waals surface area contributed by atoms with E-state index in [0.717, 1.165) is 25.2 Å². The summed E-state index contributed by atoms with van der Waals surface area (Å²) in [5.74, 6) is 0.149. The van der Waals surface area contributed by atoms with E-state index in [2.05, 4.69) is 16.9 Å². The number of carbonyl (C=O) groups excluding carboxylic acids is 1. The number of ketones is 1. The number of likely N-dealkylation sites (N-methyl/N-ethyl adjacent to an activating group) is 1. The van der Waals surface area contributed by atoms with E-state index in [4.69, 9.17) is 4.74 Å². The van der Waals surface area contributed by atoms with Crippen molar-refractivity contribution < 1.29 is 9.53 Å². The molecule has 0 bridgehead atoms. The van der Waals surface area contributed by atoms with Crippen molar-refractivity contribution in [2.24, 2.45) is 7.05 Å². The van der Waals surface area contributed by atoms with Gasteiger partial charge in [0, 0.05) is 32.8 Å². The monoisotopic (exact) mass is 237 g/mol. The van der Waals surface area contributed by atoms with E-state index in [9.17, 15) is 4.79 Å². The van der Waals surface area contributed by atoms with Gasteiger partial charge in [-0.05, 0) is 12.1 Å². The Hall–Kier alpha value is -1.20. The van der Waals surface area contributed by atoms with Gasteiger partial charge in [-0.15, -0.1) is 0 Å². The quantitative estimate of drug-likeness (QED) is 0.753. The summed E-state index contributed by atoms with van der Waals surface area (Å²) in [4.78, 5) is 14.3. The third-order valence-corrected chi connectivity index (χ3v) is 3.09. The Morgan fingerprint density at radius 2 is 2.47 bits per heavy atom. The summed E-state index contributed by atoms with van der Waals surface area (Å²) >= 11 is 0. The minimum Gasteiger partial charge on any atom is -0.368 e. The third kappa shape index (κ3) is 3.14. The second kappa shape index (κ2) is 5.42. The number of hydrogen-bond donors (Lipinski definition) is 0. The SMILES string of the molecule is CCN1CCOC(C(=O)Cc2cnn(C)c2)C1. The summed E-state index contributed by atoms with van der Waals surface area (Å²) in [6.45, 7) is 5.37. The molecule has 5 nitrogen and oxygen atoms in total. The van der Waals surface area contributed by atoms with E-state index in [1.54, 1.807) is 10.9 Å². The van der Waals surface area contributed by atoms with E-state index in [-0.39, 0.29) is 11.9 Å². The Morgan fingerprint density at radius 1 is 1.65 bits per heavy atom. The molecule has 2 heterocycles. The summed E-state index contributed by atoms with van der Waals surface area (Å²) < 4.78 is 7.24. The fourth-order valence-electron chi connectivity index (χ4n) is 2.06. The van der Waals surface area contributed by atoms with Gasteiger partial charge in [0.05, 0.1) is 12.8 Å². The van der Waals surface area contributed by atoms with Gasteiger partial charge in [-0.3, -0.25) is 14.4 Å². The summed E-state index contributed by atoms with van der Waals surface area (Å²) in [6.07, 6.45) is 3.75. The first-order chi connectivity index (χ1) is 8.19. The number of rotatable bonds is 4. The molecule has 1 unspecified atom stereocenters. The molecule has 0 radical (unpaired) electrons. The molecule has 1 saturated heterocycles. The van der Waals surface area contributed by atoms with Crippen LogP contribution in [0.25, 0.3) is 0 Å². The Bertz CT molecular complexity index is 389. The molecule has 0 N–H and O–H groups in total. The van der Waals surface area contributed by atoms with Crippen LogP contribution < -0.4 is 0 Å². The largest absolute Gasteiger partial charge is 0.368 e. The number of aromatic nitrogens is 2. The minimum absolute atomic E-state index is 0.149. The van der Waals surface area contributed by atoms with Crippen LogP contribution in [0.2, 0.25) is 0 Å². The normalized spacial score (nSPS) is 21.6. The second-order valence-electron chi connectivity index (χ2n) is 4.42. The molecule has 1 aromatic heterocycles. The molecule has 94 valence electrons. The molecule has 0 saturated carbocycles. The minimum atomic E-state index is -0.274. The molecule has 5 heteroatoms. The lowest BCUT2D eigenvalue weighted by Gasteiger charge is -2.31. The first-order valence-corrected chi connectivity index (χ1v) is 6.03. The van der Waals surface area contributed by atoms with Crippen LogP contribution in [-0.2, 0) is 23.0 Å². The molecule has 17 heavy (non-hydrogen) atoms. The number of Topliss-reactive ketones (excluding diaryl/α,β-unsaturated/α-hetero) is 1. The fourth-order valence-corrected chi connectivity index (χ4v) is 2.06. The van der Waals surface area contributed by atoms with E-state index < -0.39 is 0 Å². The van der Waals surface area contributed by atoms with Gasteiger partial charge in [-0.2, -0.15) is 5.10 Å². The highest BCUT2D eigenvalue weighted by molar-refractivity contribution is 5.85. The van der Waals surface area contributed by atoms with Gasteiger partial charge in [-0.1, -0.05) is 6.92 Å². The van der Waals surface area contributed by atoms with E-state index in [0.29, 0.717) is 13.0 Å². The lowest BCUT2D eigenvalue weighted by atomic mass is 10.1. The van der Waals surface area contributed by atoms with E-state index in [1.165, 1.54) is 0 Å². The van der Waals surface area contributed by atoms with Gasteiger partial charge in [0.1, 0.15) is 6.10 Å². The van der Waals surface area contributed by atoms with E-state index in [1.807, 2.05) is 13.2 Å². The smallest absolute Gasteiger partial charge is 0.167 e. The third-order valence-electron chi connectivity index (χ3n) is 3.09. The standard InChI is InChI=1S/C12H19N3O2/c1-3-15-4-5-17-12(9-15)11(16)6-10-7-13-14(2)8-10/h7-8,12H,3-6,9H2,1-2H3. The number of morpholine rings is 1. The van der Waals surface area contributed by atoms with Crippen LogP contribution in [0.1, 0.15) is 12.5 Å². The van der Waals surface area contributed by atoms with Crippen LogP contribution in [0.15, 0.2) is 12.4 Å². The van der Waals surface area contributed by atoms with Crippen molar-refractivity contribution in [1.29, 1.82) is 0 Å². The molecule has 0 aliphatic carbocycles. The summed E-state index contributed by atoms with van der Waals surface area (Å²) in [7, 11) is 1.85. The van der Waals surface area contributed by atoms with Crippen molar-refractivity contribution in [1.82, 2.24) is 14.7 Å². The van der Waals surface area contributed by atoms with Crippen molar-refractivity contribution in [2.75, 3.05) is 26.2 Å². The number of carbonyl (C=O) groups is 1. The maximum atomic E-state index is 12.0. The predicted octanol–water partition coefficient (Wildman–Crippen LogP) is 0.252. The lowest BCUT2D eigenvalue weighted by Crippen LogP contribution is -2.46. The zero-order valence-electron chi connectivity index (χ0n) is 10.4. The molecule has 1 aliphatic heterocycles. The molecule has 1 aliphatic rings. The maximum absolute atomic E-state index is 12.0. The zero-order chi connectivity index (χ0) is 12.3. The number of hydrogen-bond acceptors (Lipinski definition) is 4. The fraction of sp³-hybridized carbons (Fsp3) is 0.667. The second-order valence-corrected chi connectivity index (χ2v) is 4.42. The molecule has 0 amide bonds. The molecular weight excluding hydrogens is 218 g/mol. The zero-order valence-corrected chi connectivity index (χ0v) is 10.4. The van der Waals surface area contributed by atoms with Gasteiger partial charge >= 0.3 is 0 Å². The van der Waals surface area contributed by atoms with Crippen molar-refractivity contribution in [3.8, 4) is 0 Å². The van der Waals surface area contributed by atoms with Gasteiger partial charge in [0.25, 0.3) is 0 Å². The van der Waals surface area contributed by atoms with Gasteiger partial charge in [-0.25, -0.2) is 0 Å². The average molecular weight is 237 g/mol. The molecule has 1 atom stereocenters.